The molecule has 4 heteroatoms. The van der Waals surface area contributed by atoms with Crippen molar-refractivity contribution in [3.8, 4) is 6.07 Å². The van der Waals surface area contributed by atoms with E-state index >= 15 is 0 Å². The smallest absolute Gasteiger partial charge is 0.212 e. The zero-order valence-electron chi connectivity index (χ0n) is 7.63. The molecule has 1 heterocycles. The number of anilines is 1. The van der Waals surface area contributed by atoms with E-state index in [2.05, 4.69) is 16.4 Å². The second-order valence-corrected chi connectivity index (χ2v) is 3.54. The van der Waals surface area contributed by atoms with Crippen molar-refractivity contribution in [2.45, 2.75) is 24.8 Å². The first kappa shape index (κ1) is 8.95. The fourth-order valence-electron chi connectivity index (χ4n) is 1.52. The first-order valence-electron chi connectivity index (χ1n) is 4.55. The summed E-state index contributed by atoms with van der Waals surface area (Å²) in [4.78, 5) is 3.52. The molecule has 0 spiro atoms. The molecule has 0 unspecified atom stereocenters. The van der Waals surface area contributed by atoms with Gasteiger partial charge in [0.15, 0.2) is 0 Å². The second-order valence-electron chi connectivity index (χ2n) is 3.54. The molecule has 2 rings (SSSR count). The lowest BCUT2D eigenvalue weighted by Crippen LogP contribution is -2.43. The third-order valence-electron chi connectivity index (χ3n) is 2.53. The molecule has 1 fully saturated rings. The number of nitrogens with one attached hydrogen (secondary N) is 1. The van der Waals surface area contributed by atoms with E-state index in [0.29, 0.717) is 5.69 Å². The van der Waals surface area contributed by atoms with Crippen LogP contribution in [-0.4, -0.2) is 10.5 Å². The fraction of sp³-hybridized carbons (Fsp3) is 0.400. The molecule has 0 atom stereocenters. The number of nitriles is 1. The van der Waals surface area contributed by atoms with E-state index in [-0.39, 0.29) is 0 Å². The molecule has 14 heavy (non-hydrogen) atoms. The quantitative estimate of drug-likeness (QED) is 0.728. The van der Waals surface area contributed by atoms with Gasteiger partial charge < -0.3 is 5.32 Å². The summed E-state index contributed by atoms with van der Waals surface area (Å²) in [6.45, 7) is 0. The largest absolute Gasteiger partial charge is 0.366 e. The van der Waals surface area contributed by atoms with Gasteiger partial charge in [0.1, 0.15) is 5.54 Å². The SMILES string of the molecule is N#CC1(Nc2ccc(F)nc2)CCC1. The van der Waals surface area contributed by atoms with Crippen LogP contribution in [-0.2, 0) is 0 Å². The summed E-state index contributed by atoms with van der Waals surface area (Å²) in [5.74, 6) is -0.504. The average molecular weight is 191 g/mol. The molecule has 1 aromatic rings. The Morgan fingerprint density at radius 2 is 2.29 bits per heavy atom. The summed E-state index contributed by atoms with van der Waals surface area (Å²) in [6, 6.07) is 5.13. The number of pyridine rings is 1. The highest BCUT2D eigenvalue weighted by molar-refractivity contribution is 5.46. The maximum Gasteiger partial charge on any atom is 0.212 e. The average Bonchev–Trinajstić information content (AvgIpc) is 2.15. The van der Waals surface area contributed by atoms with Crippen LogP contribution in [0.15, 0.2) is 18.3 Å². The molecule has 1 aliphatic rings. The van der Waals surface area contributed by atoms with Gasteiger partial charge in [-0.2, -0.15) is 9.65 Å². The van der Waals surface area contributed by atoms with Crippen LogP contribution < -0.4 is 5.32 Å². The molecule has 1 N–H and O–H groups in total. The first-order valence-corrected chi connectivity index (χ1v) is 4.55. The van der Waals surface area contributed by atoms with Crippen LogP contribution in [0.25, 0.3) is 0 Å². The molecule has 0 amide bonds. The minimum Gasteiger partial charge on any atom is -0.366 e. The van der Waals surface area contributed by atoms with Crippen LogP contribution in [0.5, 0.6) is 0 Å². The monoisotopic (exact) mass is 191 g/mol. The van der Waals surface area contributed by atoms with E-state index in [1.54, 1.807) is 6.07 Å². The summed E-state index contributed by atoms with van der Waals surface area (Å²) in [7, 11) is 0. The van der Waals surface area contributed by atoms with Gasteiger partial charge in [-0.15, -0.1) is 0 Å². The van der Waals surface area contributed by atoms with E-state index in [9.17, 15) is 4.39 Å². The lowest BCUT2D eigenvalue weighted by atomic mass is 9.78. The van der Waals surface area contributed by atoms with Crippen molar-refractivity contribution >= 4 is 5.69 Å². The van der Waals surface area contributed by atoms with Crippen molar-refractivity contribution in [2.24, 2.45) is 0 Å². The van der Waals surface area contributed by atoms with Gasteiger partial charge in [-0.25, -0.2) is 4.98 Å². The third kappa shape index (κ3) is 1.53. The summed E-state index contributed by atoms with van der Waals surface area (Å²) in [5, 5.41) is 12.0. The zero-order chi connectivity index (χ0) is 10.0. The van der Waals surface area contributed by atoms with Crippen LogP contribution in [0.2, 0.25) is 0 Å². The minimum atomic E-state index is -0.504. The van der Waals surface area contributed by atoms with Crippen LogP contribution in [0, 0.1) is 17.3 Å². The van der Waals surface area contributed by atoms with Crippen molar-refractivity contribution in [1.29, 1.82) is 5.26 Å². The van der Waals surface area contributed by atoms with E-state index < -0.39 is 11.5 Å². The van der Waals surface area contributed by atoms with Gasteiger partial charge in [0.2, 0.25) is 5.95 Å². The Morgan fingerprint density at radius 3 is 2.71 bits per heavy atom. The lowest BCUT2D eigenvalue weighted by molar-refractivity contribution is 0.356. The minimum absolute atomic E-state index is 0.445. The Kier molecular flexibility index (Phi) is 2.08. The molecule has 1 aliphatic carbocycles. The number of halogens is 1. The Bertz CT molecular complexity index is 362. The van der Waals surface area contributed by atoms with E-state index in [0.717, 1.165) is 19.3 Å². The second kappa shape index (κ2) is 3.26. The summed E-state index contributed by atoms with van der Waals surface area (Å²) >= 11 is 0. The lowest BCUT2D eigenvalue weighted by Gasteiger charge is -2.36. The highest BCUT2D eigenvalue weighted by Crippen LogP contribution is 2.34. The molecular weight excluding hydrogens is 181 g/mol. The number of nitrogens with zero attached hydrogens (tertiary/aromatic N) is 2. The number of hydrogen-bond acceptors (Lipinski definition) is 3. The van der Waals surface area contributed by atoms with Crippen molar-refractivity contribution in [2.75, 3.05) is 5.32 Å². The van der Waals surface area contributed by atoms with Crippen molar-refractivity contribution < 1.29 is 4.39 Å². The molecule has 72 valence electrons. The van der Waals surface area contributed by atoms with E-state index in [4.69, 9.17) is 5.26 Å². The molecular formula is C10H10FN3. The topological polar surface area (TPSA) is 48.7 Å². The molecule has 3 nitrogen and oxygen atoms in total. The normalized spacial score (nSPS) is 18.0. The van der Waals surface area contributed by atoms with Crippen molar-refractivity contribution in [3.63, 3.8) is 0 Å². The highest BCUT2D eigenvalue weighted by atomic mass is 19.1. The van der Waals surface area contributed by atoms with Gasteiger partial charge in [0.25, 0.3) is 0 Å². The molecule has 0 saturated heterocycles. The fourth-order valence-corrected chi connectivity index (χ4v) is 1.52. The van der Waals surface area contributed by atoms with E-state index in [1.807, 2.05) is 0 Å². The Labute approximate surface area is 81.6 Å². The molecule has 0 bridgehead atoms. The molecule has 0 aromatic carbocycles. The van der Waals surface area contributed by atoms with Gasteiger partial charge in [-0.3, -0.25) is 0 Å². The van der Waals surface area contributed by atoms with Crippen LogP contribution in [0.3, 0.4) is 0 Å². The zero-order valence-corrected chi connectivity index (χ0v) is 7.63. The van der Waals surface area contributed by atoms with Gasteiger partial charge in [0.05, 0.1) is 18.0 Å². The van der Waals surface area contributed by atoms with Gasteiger partial charge >= 0.3 is 0 Å². The molecule has 1 aromatic heterocycles. The Morgan fingerprint density at radius 1 is 1.50 bits per heavy atom. The van der Waals surface area contributed by atoms with Gasteiger partial charge in [-0.1, -0.05) is 0 Å². The van der Waals surface area contributed by atoms with E-state index in [1.165, 1.54) is 12.3 Å². The van der Waals surface area contributed by atoms with Gasteiger partial charge in [-0.05, 0) is 31.4 Å². The number of hydrogen-bond donors (Lipinski definition) is 1. The molecule has 0 aliphatic heterocycles. The summed E-state index contributed by atoms with van der Waals surface area (Å²) in [5.41, 5.74) is 0.257. The predicted octanol–water partition coefficient (Wildman–Crippen LogP) is 2.08. The highest BCUT2D eigenvalue weighted by Gasteiger charge is 2.36. The van der Waals surface area contributed by atoms with Crippen LogP contribution >= 0.6 is 0 Å². The summed E-state index contributed by atoms with van der Waals surface area (Å²) in [6.07, 6.45) is 4.17. The number of aromatic nitrogens is 1. The maximum atomic E-state index is 12.5. The molecule has 0 radical (unpaired) electrons. The van der Waals surface area contributed by atoms with Crippen molar-refractivity contribution in [1.82, 2.24) is 4.98 Å². The van der Waals surface area contributed by atoms with Crippen molar-refractivity contribution in [3.05, 3.63) is 24.3 Å². The van der Waals surface area contributed by atoms with Crippen LogP contribution in [0.1, 0.15) is 19.3 Å². The standard InChI is InChI=1S/C10H10FN3/c11-9-3-2-8(6-13-9)14-10(7-12)4-1-5-10/h2-3,6,14H,1,4-5H2. The maximum absolute atomic E-state index is 12.5. The molecule has 1 saturated carbocycles. The predicted molar refractivity (Wildman–Crippen MR) is 50.0 cm³/mol. The van der Waals surface area contributed by atoms with Gasteiger partial charge in [0, 0.05) is 0 Å². The first-order chi connectivity index (χ1) is 6.74. The Hall–Kier alpha value is -1.63. The summed E-state index contributed by atoms with van der Waals surface area (Å²) < 4.78 is 12.5. The third-order valence-corrected chi connectivity index (χ3v) is 2.53. The Balaban J connectivity index is 2.11. The number of rotatable bonds is 2. The van der Waals surface area contributed by atoms with Crippen LogP contribution in [0.4, 0.5) is 10.1 Å².